The smallest absolute Gasteiger partial charge is 0.234 e. The topological polar surface area (TPSA) is 36.0 Å². The molecule has 0 bridgehead atoms. The fourth-order valence-electron chi connectivity index (χ4n) is 4.66. The largest absolute Gasteiger partial charge is 0.497 e. The second kappa shape index (κ2) is 10.2. The molecule has 0 radical (unpaired) electrons. The van der Waals surface area contributed by atoms with Gasteiger partial charge in [-0.2, -0.15) is 0 Å². The van der Waals surface area contributed by atoms with E-state index in [2.05, 4.69) is 70.5 Å². The van der Waals surface area contributed by atoms with Crippen LogP contribution in [0.2, 0.25) is 0 Å². The Balaban J connectivity index is 1.70. The van der Waals surface area contributed by atoms with E-state index in [1.54, 1.807) is 7.11 Å². The van der Waals surface area contributed by atoms with Crippen molar-refractivity contribution < 1.29 is 9.53 Å². The average Bonchev–Trinajstić information content (AvgIpc) is 2.86. The van der Waals surface area contributed by atoms with Gasteiger partial charge in [0.25, 0.3) is 0 Å². The summed E-state index contributed by atoms with van der Waals surface area (Å²) in [6, 6.07) is 22.8. The Hall–Kier alpha value is -3.47. The Kier molecular flexibility index (Phi) is 7.11. The zero-order chi connectivity index (χ0) is 24.2. The van der Waals surface area contributed by atoms with Gasteiger partial charge in [-0.1, -0.05) is 18.2 Å². The number of benzene rings is 3. The van der Waals surface area contributed by atoms with Gasteiger partial charge in [0, 0.05) is 45.3 Å². The molecule has 34 heavy (non-hydrogen) atoms. The summed E-state index contributed by atoms with van der Waals surface area (Å²) in [5, 5.41) is 0. The standard InChI is InChI=1S/C29H35N3O2/c1-30(2)23-12-9-21(10-13-23)20-32(25-16-14-24(15-17-25)31(3)4)29(33)27-8-6-7-22-11-18-26(34-5)19-28(22)27/h9-19,27H,6-8,20H2,1-5H3. The summed E-state index contributed by atoms with van der Waals surface area (Å²) in [5.74, 6) is 0.775. The van der Waals surface area contributed by atoms with Crippen LogP contribution in [0.3, 0.4) is 0 Å². The van der Waals surface area contributed by atoms with Crippen molar-refractivity contribution >= 4 is 23.0 Å². The van der Waals surface area contributed by atoms with Crippen molar-refractivity contribution in [2.24, 2.45) is 0 Å². The molecule has 3 aromatic carbocycles. The number of carbonyl (C=O) groups is 1. The summed E-state index contributed by atoms with van der Waals surface area (Å²) in [6.45, 7) is 0.531. The lowest BCUT2D eigenvalue weighted by molar-refractivity contribution is -0.120. The molecule has 0 aromatic heterocycles. The zero-order valence-corrected chi connectivity index (χ0v) is 20.9. The van der Waals surface area contributed by atoms with Gasteiger partial charge in [-0.25, -0.2) is 0 Å². The lowest BCUT2D eigenvalue weighted by Crippen LogP contribution is -2.36. The molecule has 0 heterocycles. The van der Waals surface area contributed by atoms with Gasteiger partial charge < -0.3 is 19.4 Å². The van der Waals surface area contributed by atoms with Crippen LogP contribution in [0.15, 0.2) is 66.7 Å². The third kappa shape index (κ3) is 5.04. The van der Waals surface area contributed by atoms with Crippen LogP contribution < -0.4 is 19.4 Å². The molecule has 5 heteroatoms. The summed E-state index contributed by atoms with van der Waals surface area (Å²) in [5.41, 5.74) is 6.64. The van der Waals surface area contributed by atoms with E-state index < -0.39 is 0 Å². The van der Waals surface area contributed by atoms with Crippen LogP contribution in [0.4, 0.5) is 17.1 Å². The number of anilines is 3. The van der Waals surface area contributed by atoms with Gasteiger partial charge in [-0.05, 0) is 84.5 Å². The van der Waals surface area contributed by atoms with Crippen molar-refractivity contribution in [2.45, 2.75) is 31.7 Å². The first-order chi connectivity index (χ1) is 16.4. The Labute approximate surface area is 203 Å². The zero-order valence-electron chi connectivity index (χ0n) is 20.9. The molecule has 1 amide bonds. The molecule has 0 fully saturated rings. The molecule has 1 aliphatic rings. The number of amides is 1. The molecule has 178 valence electrons. The Morgan fingerprint density at radius 3 is 2.03 bits per heavy atom. The molecular weight excluding hydrogens is 422 g/mol. The first-order valence-electron chi connectivity index (χ1n) is 11.9. The minimum Gasteiger partial charge on any atom is -0.497 e. The first kappa shape index (κ1) is 23.7. The van der Waals surface area contributed by atoms with Crippen molar-refractivity contribution in [3.63, 3.8) is 0 Å². The number of carbonyl (C=O) groups excluding carboxylic acids is 1. The Bertz CT molecular complexity index is 1120. The van der Waals surface area contributed by atoms with E-state index in [9.17, 15) is 4.79 Å². The molecule has 0 aliphatic heterocycles. The van der Waals surface area contributed by atoms with Crippen molar-refractivity contribution in [3.8, 4) is 5.75 Å². The Morgan fingerprint density at radius 2 is 1.44 bits per heavy atom. The molecule has 1 unspecified atom stereocenters. The predicted molar refractivity (Wildman–Crippen MR) is 141 cm³/mol. The van der Waals surface area contributed by atoms with Crippen LogP contribution in [0.25, 0.3) is 0 Å². The third-order valence-electron chi connectivity index (χ3n) is 6.70. The highest BCUT2D eigenvalue weighted by atomic mass is 16.5. The van der Waals surface area contributed by atoms with Crippen LogP contribution in [-0.4, -0.2) is 41.2 Å². The van der Waals surface area contributed by atoms with E-state index in [4.69, 9.17) is 4.74 Å². The van der Waals surface area contributed by atoms with Gasteiger partial charge in [-0.3, -0.25) is 4.79 Å². The van der Waals surface area contributed by atoms with Gasteiger partial charge in [0.2, 0.25) is 5.91 Å². The van der Waals surface area contributed by atoms with Crippen LogP contribution in [0, 0.1) is 0 Å². The summed E-state index contributed by atoms with van der Waals surface area (Å²) in [7, 11) is 9.79. The lowest BCUT2D eigenvalue weighted by atomic mass is 9.81. The minimum absolute atomic E-state index is 0.142. The highest BCUT2D eigenvalue weighted by molar-refractivity contribution is 5.98. The highest BCUT2D eigenvalue weighted by Crippen LogP contribution is 2.37. The number of aryl methyl sites for hydroxylation is 1. The molecule has 3 aromatic rings. The van der Waals surface area contributed by atoms with Gasteiger partial charge >= 0.3 is 0 Å². The van der Waals surface area contributed by atoms with E-state index in [1.165, 1.54) is 5.56 Å². The maximum absolute atomic E-state index is 14.1. The minimum atomic E-state index is -0.173. The predicted octanol–water partition coefficient (Wildman–Crippen LogP) is 5.48. The third-order valence-corrected chi connectivity index (χ3v) is 6.70. The Morgan fingerprint density at radius 1 is 0.853 bits per heavy atom. The molecule has 4 rings (SSSR count). The highest BCUT2D eigenvalue weighted by Gasteiger charge is 2.31. The van der Waals surface area contributed by atoms with E-state index >= 15 is 0 Å². The van der Waals surface area contributed by atoms with Crippen LogP contribution in [-0.2, 0) is 17.8 Å². The molecule has 5 nitrogen and oxygen atoms in total. The SMILES string of the molecule is COc1ccc2c(c1)C(C(=O)N(Cc1ccc(N(C)C)cc1)c1ccc(N(C)C)cc1)CCC2. The first-order valence-corrected chi connectivity index (χ1v) is 11.9. The van der Waals surface area contributed by atoms with Gasteiger partial charge in [0.15, 0.2) is 0 Å². The van der Waals surface area contributed by atoms with Crippen LogP contribution in [0.1, 0.15) is 35.4 Å². The maximum Gasteiger partial charge on any atom is 0.234 e. The molecule has 0 saturated heterocycles. The van der Waals surface area contributed by atoms with Crippen molar-refractivity contribution in [2.75, 3.05) is 50.0 Å². The molecular formula is C29H35N3O2. The second-order valence-electron chi connectivity index (χ2n) is 9.41. The number of nitrogens with zero attached hydrogens (tertiary/aromatic N) is 3. The average molecular weight is 458 g/mol. The summed E-state index contributed by atoms with van der Waals surface area (Å²) < 4.78 is 5.48. The number of rotatable bonds is 7. The van der Waals surface area contributed by atoms with Crippen molar-refractivity contribution in [1.82, 2.24) is 0 Å². The van der Waals surface area contributed by atoms with E-state index in [0.29, 0.717) is 6.54 Å². The van der Waals surface area contributed by atoms with Crippen molar-refractivity contribution in [3.05, 3.63) is 83.4 Å². The van der Waals surface area contributed by atoms with E-state index in [0.717, 1.165) is 53.2 Å². The number of methoxy groups -OCH3 is 1. The fourth-order valence-corrected chi connectivity index (χ4v) is 4.66. The van der Waals surface area contributed by atoms with Gasteiger partial charge in [0.05, 0.1) is 19.6 Å². The second-order valence-corrected chi connectivity index (χ2v) is 9.41. The molecule has 0 spiro atoms. The van der Waals surface area contributed by atoms with Crippen molar-refractivity contribution in [1.29, 1.82) is 0 Å². The normalized spacial score (nSPS) is 14.8. The summed E-state index contributed by atoms with van der Waals surface area (Å²) in [6.07, 6.45) is 2.87. The fraction of sp³-hybridized carbons (Fsp3) is 0.345. The molecule has 1 aliphatic carbocycles. The van der Waals surface area contributed by atoms with E-state index in [-0.39, 0.29) is 11.8 Å². The number of ether oxygens (including phenoxy) is 1. The number of hydrogen-bond donors (Lipinski definition) is 0. The van der Waals surface area contributed by atoms with Crippen LogP contribution >= 0.6 is 0 Å². The summed E-state index contributed by atoms with van der Waals surface area (Å²) in [4.78, 5) is 20.2. The van der Waals surface area contributed by atoms with Crippen LogP contribution in [0.5, 0.6) is 5.75 Å². The summed E-state index contributed by atoms with van der Waals surface area (Å²) >= 11 is 0. The monoisotopic (exact) mass is 457 g/mol. The molecule has 1 atom stereocenters. The number of fused-ring (bicyclic) bond motifs is 1. The number of hydrogen-bond acceptors (Lipinski definition) is 4. The van der Waals surface area contributed by atoms with E-state index in [1.807, 2.05) is 39.2 Å². The molecule has 0 saturated carbocycles. The van der Waals surface area contributed by atoms with Gasteiger partial charge in [0.1, 0.15) is 5.75 Å². The lowest BCUT2D eigenvalue weighted by Gasteiger charge is -2.32. The molecule has 0 N–H and O–H groups in total. The maximum atomic E-state index is 14.1. The quantitative estimate of drug-likeness (QED) is 0.471. The van der Waals surface area contributed by atoms with Gasteiger partial charge in [-0.15, -0.1) is 0 Å².